The van der Waals surface area contributed by atoms with Crippen molar-refractivity contribution in [2.24, 2.45) is 0 Å². The lowest BCUT2D eigenvalue weighted by Crippen LogP contribution is -2.32. The molecule has 8 heteroatoms. The first-order valence-electron chi connectivity index (χ1n) is 10.6. The fourth-order valence-corrected chi connectivity index (χ4v) is 4.63. The number of aromatic nitrogens is 1. The van der Waals surface area contributed by atoms with Crippen molar-refractivity contribution in [1.29, 1.82) is 5.26 Å². The van der Waals surface area contributed by atoms with Crippen LogP contribution in [-0.4, -0.2) is 24.6 Å². The Labute approximate surface area is 211 Å². The van der Waals surface area contributed by atoms with Crippen molar-refractivity contribution in [3.05, 3.63) is 109 Å². The van der Waals surface area contributed by atoms with Crippen LogP contribution in [0, 0.1) is 11.3 Å². The number of thiazole rings is 1. The van der Waals surface area contributed by atoms with Crippen LogP contribution >= 0.6 is 22.9 Å². The number of nitrogens with one attached hydrogen (secondary N) is 1. The van der Waals surface area contributed by atoms with Crippen molar-refractivity contribution in [3.63, 3.8) is 0 Å². The highest BCUT2D eigenvalue weighted by Crippen LogP contribution is 2.15. The molecule has 174 valence electrons. The zero-order valence-electron chi connectivity index (χ0n) is 19.0. The van der Waals surface area contributed by atoms with E-state index in [0.717, 1.165) is 22.6 Å². The Morgan fingerprint density at radius 3 is 2.29 bits per heavy atom. The monoisotopic (exact) mass is 500 g/mol. The van der Waals surface area contributed by atoms with E-state index in [4.69, 9.17) is 11.6 Å². The van der Waals surface area contributed by atoms with Crippen LogP contribution in [0.5, 0.6) is 0 Å². The van der Waals surface area contributed by atoms with Crippen molar-refractivity contribution in [2.45, 2.75) is 0 Å². The second-order valence-corrected chi connectivity index (χ2v) is 9.29. The lowest BCUT2D eigenvalue weighted by molar-refractivity contribution is -0.111. The molecule has 0 saturated carbocycles. The van der Waals surface area contributed by atoms with E-state index in [1.165, 1.54) is 4.57 Å². The summed E-state index contributed by atoms with van der Waals surface area (Å²) in [6.45, 7) is 0. The minimum atomic E-state index is -0.609. The Balaban J connectivity index is 1.90. The maximum Gasteiger partial charge on any atom is 0.273 e. The van der Waals surface area contributed by atoms with Crippen LogP contribution in [0.3, 0.4) is 0 Å². The van der Waals surface area contributed by atoms with Gasteiger partial charge in [0.1, 0.15) is 10.7 Å². The summed E-state index contributed by atoms with van der Waals surface area (Å²) in [4.78, 5) is 28.5. The van der Waals surface area contributed by atoms with Crippen LogP contribution in [0.15, 0.2) is 83.7 Å². The fraction of sp³-hybridized carbons (Fsp3) is 0.0741. The molecule has 0 aliphatic rings. The van der Waals surface area contributed by atoms with Crippen molar-refractivity contribution >= 4 is 51.9 Å². The largest absolute Gasteiger partial charge is 0.378 e. The molecule has 3 aromatic carbocycles. The minimum absolute atomic E-state index is 0.159. The molecule has 0 fully saturated rings. The number of halogens is 1. The quantitative estimate of drug-likeness (QED) is 0.452. The SMILES string of the molecule is CN(C)c1ccc(C=c2sc(=C(C#N)C(=O)Nc3ccc(Cl)cc3)n(-c3ccccc3)c2=O)cc1. The summed E-state index contributed by atoms with van der Waals surface area (Å²) < 4.78 is 2.07. The van der Waals surface area contributed by atoms with Crippen LogP contribution in [0.25, 0.3) is 17.3 Å². The summed E-state index contributed by atoms with van der Waals surface area (Å²) in [6, 6.07) is 25.3. The number of benzene rings is 3. The third-order valence-corrected chi connectivity index (χ3v) is 6.54. The van der Waals surface area contributed by atoms with Crippen LogP contribution in [0.2, 0.25) is 5.02 Å². The number of para-hydroxylation sites is 1. The van der Waals surface area contributed by atoms with Gasteiger partial charge >= 0.3 is 0 Å². The molecule has 1 amide bonds. The first kappa shape index (κ1) is 24.0. The number of nitrogens with zero attached hydrogens (tertiary/aromatic N) is 3. The number of carbonyl (C=O) groups excluding carboxylic acids is 1. The van der Waals surface area contributed by atoms with Gasteiger partial charge in [-0.3, -0.25) is 14.2 Å². The number of nitriles is 1. The second kappa shape index (κ2) is 10.4. The second-order valence-electron chi connectivity index (χ2n) is 7.83. The number of anilines is 2. The van der Waals surface area contributed by atoms with Crippen LogP contribution in [-0.2, 0) is 4.79 Å². The molecule has 1 aromatic heterocycles. The highest BCUT2D eigenvalue weighted by Gasteiger charge is 2.17. The van der Waals surface area contributed by atoms with E-state index in [9.17, 15) is 14.9 Å². The predicted molar refractivity (Wildman–Crippen MR) is 143 cm³/mol. The Hall–Kier alpha value is -4.12. The predicted octanol–water partition coefficient (Wildman–Crippen LogP) is 3.76. The molecule has 35 heavy (non-hydrogen) atoms. The van der Waals surface area contributed by atoms with E-state index >= 15 is 0 Å². The maximum absolute atomic E-state index is 13.5. The molecule has 0 bridgehead atoms. The molecule has 0 atom stereocenters. The molecule has 6 nitrogen and oxygen atoms in total. The molecule has 4 rings (SSSR count). The van der Waals surface area contributed by atoms with Gasteiger partial charge in [-0.05, 0) is 60.2 Å². The van der Waals surface area contributed by atoms with Gasteiger partial charge in [-0.1, -0.05) is 41.9 Å². The van der Waals surface area contributed by atoms with Gasteiger partial charge in [0, 0.05) is 30.5 Å². The average Bonchev–Trinajstić information content (AvgIpc) is 3.17. The standard InChI is InChI=1S/C27H21ClN4O2S/c1-31(2)21-14-8-18(9-15-21)16-24-26(34)32(22-6-4-3-5-7-22)27(35-24)23(17-29)25(33)30-20-12-10-19(28)11-13-20/h3-16H,1-2H3,(H,30,33). The number of carbonyl (C=O) groups is 1. The first-order chi connectivity index (χ1) is 16.9. The molecule has 0 aliphatic carbocycles. The highest BCUT2D eigenvalue weighted by molar-refractivity contribution is 7.07. The van der Waals surface area contributed by atoms with Crippen molar-refractivity contribution in [2.75, 3.05) is 24.3 Å². The Bertz CT molecular complexity index is 1580. The maximum atomic E-state index is 13.5. The molecular formula is C27H21ClN4O2S. The summed E-state index contributed by atoms with van der Waals surface area (Å²) in [6.07, 6.45) is 1.77. The zero-order chi connectivity index (χ0) is 24.9. The molecule has 0 aliphatic heterocycles. The van der Waals surface area contributed by atoms with Gasteiger partial charge in [0.05, 0.1) is 10.2 Å². The molecule has 0 unspecified atom stereocenters. The Morgan fingerprint density at radius 1 is 1.03 bits per heavy atom. The molecule has 4 aromatic rings. The first-order valence-corrected chi connectivity index (χ1v) is 11.8. The third-order valence-electron chi connectivity index (χ3n) is 5.20. The molecular weight excluding hydrogens is 480 g/mol. The molecule has 0 spiro atoms. The lowest BCUT2D eigenvalue weighted by atomic mass is 10.2. The number of hydrogen-bond acceptors (Lipinski definition) is 5. The third kappa shape index (κ3) is 5.35. The number of amides is 1. The van der Waals surface area contributed by atoms with E-state index < -0.39 is 5.91 Å². The van der Waals surface area contributed by atoms with Gasteiger partial charge in [-0.2, -0.15) is 5.26 Å². The normalized spacial score (nSPS) is 12.1. The number of rotatable bonds is 5. The van der Waals surface area contributed by atoms with Crippen molar-refractivity contribution in [3.8, 4) is 11.8 Å². The highest BCUT2D eigenvalue weighted by atomic mass is 35.5. The summed E-state index contributed by atoms with van der Waals surface area (Å²) in [7, 11) is 3.91. The molecule has 1 heterocycles. The lowest BCUT2D eigenvalue weighted by Gasteiger charge is -2.11. The smallest absolute Gasteiger partial charge is 0.273 e. The fourth-order valence-electron chi connectivity index (χ4n) is 3.40. The van der Waals surface area contributed by atoms with Crippen LogP contribution < -0.4 is 25.0 Å². The Kier molecular flexibility index (Phi) is 7.16. The van der Waals surface area contributed by atoms with E-state index in [1.54, 1.807) is 54.6 Å². The van der Waals surface area contributed by atoms with Crippen molar-refractivity contribution in [1.82, 2.24) is 4.57 Å². The van der Waals surface area contributed by atoms with E-state index in [1.807, 2.05) is 55.4 Å². The number of hydrogen-bond donors (Lipinski definition) is 1. The van der Waals surface area contributed by atoms with E-state index in [0.29, 0.717) is 20.9 Å². The summed E-state index contributed by atoms with van der Waals surface area (Å²) >= 11 is 7.02. The summed E-state index contributed by atoms with van der Waals surface area (Å²) in [5.41, 5.74) is 2.47. The van der Waals surface area contributed by atoms with Gasteiger partial charge in [-0.25, -0.2) is 0 Å². The van der Waals surface area contributed by atoms with Crippen molar-refractivity contribution < 1.29 is 4.79 Å². The Morgan fingerprint density at radius 2 is 1.69 bits per heavy atom. The average molecular weight is 501 g/mol. The van der Waals surface area contributed by atoms with Gasteiger partial charge in [0.2, 0.25) is 0 Å². The van der Waals surface area contributed by atoms with Gasteiger partial charge in [0.15, 0.2) is 5.57 Å². The summed E-state index contributed by atoms with van der Waals surface area (Å²) in [5, 5.41) is 13.2. The topological polar surface area (TPSA) is 78.1 Å². The van der Waals surface area contributed by atoms with Gasteiger partial charge in [-0.15, -0.1) is 11.3 Å². The van der Waals surface area contributed by atoms with E-state index in [2.05, 4.69) is 5.32 Å². The summed E-state index contributed by atoms with van der Waals surface area (Å²) in [5.74, 6) is -0.609. The van der Waals surface area contributed by atoms with Crippen LogP contribution in [0.4, 0.5) is 11.4 Å². The molecule has 0 saturated heterocycles. The van der Waals surface area contributed by atoms with Crippen LogP contribution in [0.1, 0.15) is 5.56 Å². The van der Waals surface area contributed by atoms with Gasteiger partial charge < -0.3 is 10.2 Å². The van der Waals surface area contributed by atoms with E-state index in [-0.39, 0.29) is 15.8 Å². The molecule has 0 radical (unpaired) electrons. The molecule has 1 N–H and O–H groups in total. The minimum Gasteiger partial charge on any atom is -0.378 e. The van der Waals surface area contributed by atoms with Gasteiger partial charge in [0.25, 0.3) is 11.5 Å². The zero-order valence-corrected chi connectivity index (χ0v) is 20.6.